The van der Waals surface area contributed by atoms with Crippen LogP contribution in [-0.2, 0) is 59.2 Å². The standard InChI is InChI=1S/C43H69N11O15/c1-23(2)35(42(67)53-31(22-55)43(68)69)54-40(65)29(15-17-34(59)60)51-38(63)27(13-7-9-19-45)49-41(66)30(20-24-10-4-3-5-11-24)52-39(64)28(14-16-33(57)58)50-37(62)26(12-6-8-18-44)48-36(61)25(46)21-32(47)56/h3-5,10-11,23,25-31,35,55H,6-9,12-22,44-46H2,1-2H3,(H2,47,56)(H,48,61)(H,49,66)(H,50,62)(H,51,63)(H,52,64)(H,53,67)(H,54,65)(H,57,58)(H,59,60)(H,68,69)/t25-,26-,27-,28-,29-,30-,31-,35-/m0/s1. The Morgan fingerprint density at radius 2 is 0.913 bits per heavy atom. The van der Waals surface area contributed by atoms with E-state index in [2.05, 4.69) is 37.2 Å². The highest BCUT2D eigenvalue weighted by molar-refractivity contribution is 5.98. The number of carbonyl (C=O) groups excluding carboxylic acids is 8. The van der Waals surface area contributed by atoms with Crippen molar-refractivity contribution in [3.8, 4) is 0 Å². The Labute approximate surface area is 398 Å². The number of aliphatic carboxylic acids is 3. The highest BCUT2D eigenvalue weighted by atomic mass is 16.4. The number of benzene rings is 1. The molecule has 0 aliphatic heterocycles. The molecule has 1 rings (SSSR count). The molecule has 0 aliphatic carbocycles. The summed E-state index contributed by atoms with van der Waals surface area (Å²) in [4.78, 5) is 142. The highest BCUT2D eigenvalue weighted by Crippen LogP contribution is 2.11. The average Bonchev–Trinajstić information content (AvgIpc) is 3.28. The smallest absolute Gasteiger partial charge is 0.328 e. The lowest BCUT2D eigenvalue weighted by Crippen LogP contribution is -2.61. The van der Waals surface area contributed by atoms with Gasteiger partial charge >= 0.3 is 17.9 Å². The molecule has 386 valence electrons. The minimum Gasteiger partial charge on any atom is -0.481 e. The van der Waals surface area contributed by atoms with Crippen molar-refractivity contribution in [2.45, 2.75) is 139 Å². The number of aliphatic hydroxyl groups excluding tert-OH is 1. The number of hydrogen-bond acceptors (Lipinski definition) is 15. The molecule has 0 fully saturated rings. The van der Waals surface area contributed by atoms with Gasteiger partial charge in [-0.15, -0.1) is 0 Å². The first-order valence-corrected chi connectivity index (χ1v) is 22.4. The maximum absolute atomic E-state index is 14.3. The number of nitrogens with one attached hydrogen (secondary N) is 7. The van der Waals surface area contributed by atoms with E-state index in [0.29, 0.717) is 24.8 Å². The maximum atomic E-state index is 14.3. The van der Waals surface area contributed by atoms with Crippen LogP contribution in [0.3, 0.4) is 0 Å². The zero-order chi connectivity index (χ0) is 52.2. The third-order valence-corrected chi connectivity index (χ3v) is 10.4. The first kappa shape index (κ1) is 60.2. The van der Waals surface area contributed by atoms with E-state index in [1.165, 1.54) is 13.8 Å². The predicted octanol–water partition coefficient (Wildman–Crippen LogP) is -4.45. The Balaban J connectivity index is 3.60. The van der Waals surface area contributed by atoms with E-state index in [1.54, 1.807) is 30.3 Å². The Morgan fingerprint density at radius 3 is 1.30 bits per heavy atom. The number of aliphatic hydroxyl groups is 1. The fourth-order valence-corrected chi connectivity index (χ4v) is 6.57. The summed E-state index contributed by atoms with van der Waals surface area (Å²) in [6.07, 6.45) is -1.84. The summed E-state index contributed by atoms with van der Waals surface area (Å²) in [5, 5.41) is 54.5. The first-order valence-electron chi connectivity index (χ1n) is 22.4. The van der Waals surface area contributed by atoms with E-state index in [4.69, 9.17) is 22.9 Å². The summed E-state index contributed by atoms with van der Waals surface area (Å²) in [5.74, 6) is -12.7. The summed E-state index contributed by atoms with van der Waals surface area (Å²) in [5.41, 5.74) is 22.7. The number of rotatable bonds is 35. The Morgan fingerprint density at radius 1 is 0.522 bits per heavy atom. The number of carboxylic acids is 3. The van der Waals surface area contributed by atoms with Gasteiger partial charge in [0.05, 0.1) is 19.1 Å². The van der Waals surface area contributed by atoms with Gasteiger partial charge in [0, 0.05) is 19.3 Å². The van der Waals surface area contributed by atoms with Gasteiger partial charge in [-0.25, -0.2) is 4.79 Å². The van der Waals surface area contributed by atoms with Crippen LogP contribution in [0.2, 0.25) is 0 Å². The van der Waals surface area contributed by atoms with Gasteiger partial charge in [0.1, 0.15) is 42.3 Å². The predicted molar refractivity (Wildman–Crippen MR) is 245 cm³/mol. The van der Waals surface area contributed by atoms with Gasteiger partial charge in [-0.2, -0.15) is 0 Å². The zero-order valence-corrected chi connectivity index (χ0v) is 38.8. The van der Waals surface area contributed by atoms with Crippen LogP contribution < -0.4 is 60.2 Å². The molecule has 19 N–H and O–H groups in total. The van der Waals surface area contributed by atoms with Crippen LogP contribution in [-0.4, -0.2) is 154 Å². The van der Waals surface area contributed by atoms with Crippen molar-refractivity contribution in [1.82, 2.24) is 37.2 Å². The lowest BCUT2D eigenvalue weighted by Gasteiger charge is -2.28. The van der Waals surface area contributed by atoms with Crippen molar-refractivity contribution >= 4 is 65.2 Å². The normalized spacial score (nSPS) is 14.5. The van der Waals surface area contributed by atoms with Crippen molar-refractivity contribution in [1.29, 1.82) is 0 Å². The molecule has 0 heterocycles. The Kier molecular flexibility index (Phi) is 28.0. The van der Waals surface area contributed by atoms with Crippen molar-refractivity contribution in [3.63, 3.8) is 0 Å². The van der Waals surface area contributed by atoms with E-state index in [1.807, 2.05) is 0 Å². The molecule has 26 nitrogen and oxygen atoms in total. The van der Waals surface area contributed by atoms with Gasteiger partial charge < -0.3 is 80.6 Å². The Bertz CT molecular complexity index is 1910. The molecule has 0 bridgehead atoms. The monoisotopic (exact) mass is 979 g/mol. The molecule has 0 aromatic heterocycles. The second-order valence-corrected chi connectivity index (χ2v) is 16.5. The fourth-order valence-electron chi connectivity index (χ4n) is 6.57. The maximum Gasteiger partial charge on any atom is 0.328 e. The molecule has 0 spiro atoms. The SMILES string of the molecule is CC(C)[C@H](NC(=O)[C@H](CCC(=O)O)NC(=O)[C@H](CCCCN)NC(=O)[C@H](Cc1ccccc1)NC(=O)[C@H](CCC(=O)O)NC(=O)[C@H](CCCCN)NC(=O)[C@@H](N)CC(N)=O)C(=O)N[C@@H](CO)C(=O)O. The molecule has 8 atom stereocenters. The van der Waals surface area contributed by atoms with Gasteiger partial charge in [-0.1, -0.05) is 44.2 Å². The molecular formula is C43H69N11O15. The number of unbranched alkanes of at least 4 members (excludes halogenated alkanes) is 2. The molecule has 0 aliphatic rings. The molecule has 1 aromatic carbocycles. The van der Waals surface area contributed by atoms with E-state index < -0.39 is 158 Å². The largest absolute Gasteiger partial charge is 0.481 e. The van der Waals surface area contributed by atoms with Crippen molar-refractivity contribution in [3.05, 3.63) is 35.9 Å². The van der Waals surface area contributed by atoms with Crippen molar-refractivity contribution in [2.75, 3.05) is 19.7 Å². The minimum absolute atomic E-state index is 0.0116. The van der Waals surface area contributed by atoms with Crippen LogP contribution >= 0.6 is 0 Å². The molecule has 1 aromatic rings. The molecule has 0 saturated heterocycles. The third-order valence-electron chi connectivity index (χ3n) is 10.4. The summed E-state index contributed by atoms with van der Waals surface area (Å²) < 4.78 is 0. The van der Waals surface area contributed by atoms with Crippen LogP contribution in [0.15, 0.2) is 30.3 Å². The van der Waals surface area contributed by atoms with E-state index in [0.717, 1.165) is 0 Å². The van der Waals surface area contributed by atoms with Gasteiger partial charge in [0.2, 0.25) is 47.3 Å². The van der Waals surface area contributed by atoms with E-state index in [-0.39, 0.29) is 38.8 Å². The molecule has 8 amide bonds. The molecule has 69 heavy (non-hydrogen) atoms. The second kappa shape index (κ2) is 32.1. The number of nitrogens with two attached hydrogens (primary N) is 4. The third kappa shape index (κ3) is 23.7. The molecule has 0 saturated carbocycles. The first-order chi connectivity index (χ1) is 32.5. The van der Waals surface area contributed by atoms with Gasteiger partial charge in [-0.05, 0) is 75.9 Å². The van der Waals surface area contributed by atoms with Gasteiger partial charge in [0.15, 0.2) is 0 Å². The van der Waals surface area contributed by atoms with Gasteiger partial charge in [0.25, 0.3) is 0 Å². The Hall–Kier alpha value is -6.77. The average molecular weight is 980 g/mol. The van der Waals surface area contributed by atoms with Crippen LogP contribution in [0.25, 0.3) is 0 Å². The molecule has 26 heteroatoms. The lowest BCUT2D eigenvalue weighted by atomic mass is 10.0. The summed E-state index contributed by atoms with van der Waals surface area (Å²) >= 11 is 0. The van der Waals surface area contributed by atoms with Crippen molar-refractivity contribution < 1.29 is 73.2 Å². The summed E-state index contributed by atoms with van der Waals surface area (Å²) in [6, 6.07) is -3.92. The molecule has 0 unspecified atom stereocenters. The minimum atomic E-state index is -1.72. The molecule has 0 radical (unpaired) electrons. The van der Waals surface area contributed by atoms with Crippen LogP contribution in [0.1, 0.15) is 90.0 Å². The van der Waals surface area contributed by atoms with E-state index >= 15 is 0 Å². The second-order valence-electron chi connectivity index (χ2n) is 16.5. The van der Waals surface area contributed by atoms with Crippen LogP contribution in [0.4, 0.5) is 0 Å². The quantitative estimate of drug-likeness (QED) is 0.0285. The van der Waals surface area contributed by atoms with Gasteiger partial charge in [-0.3, -0.25) is 47.9 Å². The number of amides is 8. The van der Waals surface area contributed by atoms with E-state index in [9.17, 15) is 73.2 Å². The topological polar surface area (TPSA) is 457 Å². The number of carboxylic acid groups (broad SMARTS) is 3. The van der Waals surface area contributed by atoms with Crippen LogP contribution in [0.5, 0.6) is 0 Å². The zero-order valence-electron chi connectivity index (χ0n) is 38.8. The lowest BCUT2D eigenvalue weighted by molar-refractivity contribution is -0.143. The number of primary amides is 1. The summed E-state index contributed by atoms with van der Waals surface area (Å²) in [7, 11) is 0. The van der Waals surface area contributed by atoms with Crippen LogP contribution in [0, 0.1) is 5.92 Å². The van der Waals surface area contributed by atoms with Crippen molar-refractivity contribution in [2.24, 2.45) is 28.9 Å². The summed E-state index contributed by atoms with van der Waals surface area (Å²) in [6.45, 7) is 2.46. The highest BCUT2D eigenvalue weighted by Gasteiger charge is 2.35. The fraction of sp³-hybridized carbons (Fsp3) is 0.605. The molecular weight excluding hydrogens is 911 g/mol. The number of carbonyl (C=O) groups is 11. The number of hydrogen-bond donors (Lipinski definition) is 15.